The third-order valence-electron chi connectivity index (χ3n) is 8.04. The molecule has 0 bridgehead atoms. The largest absolute Gasteiger partial charge is 0.0856 e. The third-order valence-corrected chi connectivity index (χ3v) is 8.04. The first-order chi connectivity index (χ1) is 18.9. The first-order valence-corrected chi connectivity index (χ1v) is 15.9. The van der Waals surface area contributed by atoms with Crippen molar-refractivity contribution >= 4 is 0 Å². The van der Waals surface area contributed by atoms with Crippen LogP contribution in [0.3, 0.4) is 0 Å². The summed E-state index contributed by atoms with van der Waals surface area (Å²) in [5.74, 6) is 0.629. The fourth-order valence-electron chi connectivity index (χ4n) is 5.28. The molecule has 1 atom stereocenters. The predicted molar refractivity (Wildman–Crippen MR) is 184 cm³/mol. The van der Waals surface area contributed by atoms with Gasteiger partial charge in [0.2, 0.25) is 0 Å². The van der Waals surface area contributed by atoms with E-state index in [4.69, 9.17) is 0 Å². The van der Waals surface area contributed by atoms with Crippen LogP contribution in [0.25, 0.3) is 0 Å². The molecule has 0 radical (unpaired) electrons. The van der Waals surface area contributed by atoms with E-state index in [0.717, 1.165) is 19.3 Å². The summed E-state index contributed by atoms with van der Waals surface area (Å²) in [5, 5.41) is 0. The molecule has 0 aromatic heterocycles. The lowest BCUT2D eigenvalue weighted by Gasteiger charge is -2.32. The number of hydrogen-bond donors (Lipinski definition) is 0. The van der Waals surface area contributed by atoms with Gasteiger partial charge < -0.3 is 0 Å². The van der Waals surface area contributed by atoms with Gasteiger partial charge in [0.25, 0.3) is 0 Å². The normalized spacial score (nSPS) is 18.4. The molecule has 1 aliphatic rings. The fraction of sp³-hybridized carbons (Fsp3) is 0.550. The molecule has 40 heavy (non-hydrogen) atoms. The maximum atomic E-state index is 2.43. The average molecular weight is 543 g/mol. The van der Waals surface area contributed by atoms with E-state index >= 15 is 0 Å². The smallest absolute Gasteiger partial charge is 0.0104 e. The van der Waals surface area contributed by atoms with Crippen LogP contribution in [0.2, 0.25) is 0 Å². The van der Waals surface area contributed by atoms with Crippen molar-refractivity contribution in [2.24, 2.45) is 11.3 Å². The topological polar surface area (TPSA) is 0 Å². The van der Waals surface area contributed by atoms with Gasteiger partial charge in [0.05, 0.1) is 0 Å². The van der Waals surface area contributed by atoms with Crippen molar-refractivity contribution < 1.29 is 0 Å². The fourth-order valence-corrected chi connectivity index (χ4v) is 5.28. The Labute approximate surface area is 250 Å². The van der Waals surface area contributed by atoms with Crippen LogP contribution in [0.1, 0.15) is 133 Å². The van der Waals surface area contributed by atoms with E-state index in [9.17, 15) is 0 Å². The van der Waals surface area contributed by atoms with Crippen LogP contribution in [0.15, 0.2) is 106 Å². The standard InChI is InChI=1S/C40H62/c1-32(2)18-13-21-35(5)24-15-26-36(6)25-14-22-33(3)19-11-12-20-34(4)23-16-27-37(7)29-30-39-38(8)28-17-31-40(39,9)10/h11-12,14,18-20,24-25,27,29-30,36H,13,15-17,21-23,26,28,31H2,1-10H3/b12-11+,25-14+,30-29+,33-19+,34-20+,35-24+,37-27+. The summed E-state index contributed by atoms with van der Waals surface area (Å²) in [6.45, 7) is 22.7. The quantitative estimate of drug-likeness (QED) is 0.134. The Morgan fingerprint density at radius 1 is 0.825 bits per heavy atom. The summed E-state index contributed by atoms with van der Waals surface area (Å²) in [7, 11) is 0. The summed E-state index contributed by atoms with van der Waals surface area (Å²) in [4.78, 5) is 0. The zero-order valence-electron chi connectivity index (χ0n) is 28.0. The maximum Gasteiger partial charge on any atom is -0.0104 e. The van der Waals surface area contributed by atoms with Crippen molar-refractivity contribution in [3.8, 4) is 0 Å². The maximum absolute atomic E-state index is 2.43. The molecule has 0 saturated carbocycles. The molecular weight excluding hydrogens is 480 g/mol. The van der Waals surface area contributed by atoms with Crippen LogP contribution in [-0.4, -0.2) is 0 Å². The molecule has 0 spiro atoms. The van der Waals surface area contributed by atoms with E-state index in [-0.39, 0.29) is 0 Å². The third kappa shape index (κ3) is 16.7. The van der Waals surface area contributed by atoms with E-state index in [1.54, 1.807) is 11.1 Å². The van der Waals surface area contributed by atoms with Crippen LogP contribution >= 0.6 is 0 Å². The molecule has 0 aromatic carbocycles. The Balaban J connectivity index is 2.39. The molecule has 0 amide bonds. The van der Waals surface area contributed by atoms with Crippen molar-refractivity contribution in [3.05, 3.63) is 106 Å². The number of allylic oxidation sites excluding steroid dienone is 18. The molecular formula is C40H62. The second kappa shape index (κ2) is 19.7. The highest BCUT2D eigenvalue weighted by molar-refractivity contribution is 5.36. The van der Waals surface area contributed by atoms with Crippen molar-refractivity contribution in [1.82, 2.24) is 0 Å². The minimum absolute atomic E-state index is 0.314. The number of rotatable bonds is 16. The number of hydrogen-bond acceptors (Lipinski definition) is 0. The molecule has 0 nitrogen and oxygen atoms in total. The van der Waals surface area contributed by atoms with Crippen LogP contribution < -0.4 is 0 Å². The van der Waals surface area contributed by atoms with Crippen LogP contribution in [0, 0.1) is 11.3 Å². The Bertz CT molecular complexity index is 1030. The van der Waals surface area contributed by atoms with E-state index in [2.05, 4.69) is 136 Å². The highest BCUT2D eigenvalue weighted by Gasteiger charge is 2.26. The lowest BCUT2D eigenvalue weighted by molar-refractivity contribution is 0.377. The molecule has 0 fully saturated rings. The summed E-state index contributed by atoms with van der Waals surface area (Å²) in [6, 6.07) is 0. The van der Waals surface area contributed by atoms with E-state index in [1.165, 1.54) is 72.8 Å². The Hall–Kier alpha value is -2.34. The molecule has 1 unspecified atom stereocenters. The monoisotopic (exact) mass is 542 g/mol. The minimum atomic E-state index is 0.314. The highest BCUT2D eigenvalue weighted by atomic mass is 14.3. The van der Waals surface area contributed by atoms with Gasteiger partial charge in [-0.05, 0) is 130 Å². The first kappa shape index (κ1) is 35.7. The minimum Gasteiger partial charge on any atom is -0.0856 e. The summed E-state index contributed by atoms with van der Waals surface area (Å²) >= 11 is 0. The summed E-state index contributed by atoms with van der Waals surface area (Å²) in [5.41, 5.74) is 10.6. The predicted octanol–water partition coefficient (Wildman–Crippen LogP) is 13.3. The summed E-state index contributed by atoms with van der Waals surface area (Å²) < 4.78 is 0. The van der Waals surface area contributed by atoms with E-state index in [0.29, 0.717) is 11.3 Å². The highest BCUT2D eigenvalue weighted by Crippen LogP contribution is 2.40. The van der Waals surface area contributed by atoms with Gasteiger partial charge in [-0.3, -0.25) is 0 Å². The Morgan fingerprint density at radius 3 is 2.15 bits per heavy atom. The molecule has 1 aliphatic carbocycles. The molecule has 1 rings (SSSR count). The lowest BCUT2D eigenvalue weighted by Crippen LogP contribution is -2.19. The van der Waals surface area contributed by atoms with Crippen LogP contribution in [-0.2, 0) is 0 Å². The zero-order chi connectivity index (χ0) is 30.0. The Kier molecular flexibility index (Phi) is 17.6. The molecule has 0 heterocycles. The molecule has 0 N–H and O–H groups in total. The van der Waals surface area contributed by atoms with Gasteiger partial charge in [-0.15, -0.1) is 0 Å². The average Bonchev–Trinajstić information content (AvgIpc) is 2.85. The Morgan fingerprint density at radius 2 is 1.48 bits per heavy atom. The first-order valence-electron chi connectivity index (χ1n) is 15.9. The SMILES string of the molecule is CC(C)=CCC/C(C)=C/CCC(C)/C=C/C/C(C)=C/C=C/C=C(\C)CC/C=C(C)/C=C/C1=C(C)CCCC1(C)C. The molecule has 0 heteroatoms. The van der Waals surface area contributed by atoms with E-state index in [1.807, 2.05) is 0 Å². The van der Waals surface area contributed by atoms with Crippen molar-refractivity contribution in [2.45, 2.75) is 133 Å². The molecule has 222 valence electrons. The van der Waals surface area contributed by atoms with Crippen molar-refractivity contribution in [1.29, 1.82) is 0 Å². The van der Waals surface area contributed by atoms with Gasteiger partial charge >= 0.3 is 0 Å². The molecule has 0 aromatic rings. The molecule has 0 saturated heterocycles. The lowest BCUT2D eigenvalue weighted by atomic mass is 9.72. The second-order valence-electron chi connectivity index (χ2n) is 13.2. The van der Waals surface area contributed by atoms with Gasteiger partial charge in [-0.1, -0.05) is 121 Å². The van der Waals surface area contributed by atoms with Gasteiger partial charge in [-0.25, -0.2) is 0 Å². The van der Waals surface area contributed by atoms with Gasteiger partial charge in [0.15, 0.2) is 0 Å². The molecule has 0 aliphatic heterocycles. The van der Waals surface area contributed by atoms with Gasteiger partial charge in [0, 0.05) is 0 Å². The van der Waals surface area contributed by atoms with Gasteiger partial charge in [-0.2, -0.15) is 0 Å². The van der Waals surface area contributed by atoms with Crippen LogP contribution in [0.5, 0.6) is 0 Å². The van der Waals surface area contributed by atoms with Crippen molar-refractivity contribution in [3.63, 3.8) is 0 Å². The second-order valence-corrected chi connectivity index (χ2v) is 13.2. The summed E-state index contributed by atoms with van der Waals surface area (Å²) in [6.07, 6.45) is 37.3. The van der Waals surface area contributed by atoms with Crippen LogP contribution in [0.4, 0.5) is 0 Å². The zero-order valence-corrected chi connectivity index (χ0v) is 28.0. The van der Waals surface area contributed by atoms with Crippen molar-refractivity contribution in [2.75, 3.05) is 0 Å². The van der Waals surface area contributed by atoms with E-state index < -0.39 is 0 Å². The van der Waals surface area contributed by atoms with Gasteiger partial charge in [0.1, 0.15) is 0 Å².